The lowest BCUT2D eigenvalue weighted by atomic mass is 10.2. The van der Waals surface area contributed by atoms with Crippen molar-refractivity contribution in [3.63, 3.8) is 0 Å². The van der Waals surface area contributed by atoms with E-state index in [1.165, 1.54) is 17.8 Å². The smallest absolute Gasteiger partial charge is 0.336 e. The van der Waals surface area contributed by atoms with Gasteiger partial charge >= 0.3 is 5.97 Å². The molecule has 1 heterocycles. The Morgan fingerprint density at radius 1 is 1.19 bits per heavy atom. The highest BCUT2D eigenvalue weighted by Gasteiger charge is 2.31. The number of hydrogen-bond donors (Lipinski definition) is 0. The van der Waals surface area contributed by atoms with Gasteiger partial charge in [0.1, 0.15) is 10.1 Å². The summed E-state index contributed by atoms with van der Waals surface area (Å²) in [5, 5.41) is 0.556. The molecule has 1 aliphatic rings. The zero-order valence-electron chi connectivity index (χ0n) is 16.7. The fourth-order valence-electron chi connectivity index (χ4n) is 2.76. The van der Waals surface area contributed by atoms with E-state index in [0.29, 0.717) is 33.1 Å². The van der Waals surface area contributed by atoms with Gasteiger partial charge in [-0.15, -0.1) is 0 Å². The van der Waals surface area contributed by atoms with Gasteiger partial charge in [0.05, 0.1) is 4.91 Å². The van der Waals surface area contributed by atoms with Crippen LogP contribution in [0, 0.1) is 0 Å². The Morgan fingerprint density at radius 2 is 1.94 bits per heavy atom. The molecule has 8 heteroatoms. The molecule has 0 aliphatic carbocycles. The van der Waals surface area contributed by atoms with Crippen molar-refractivity contribution >= 4 is 63.9 Å². The molecule has 3 rings (SSSR count). The number of methoxy groups -OCH3 is 1. The zero-order valence-corrected chi connectivity index (χ0v) is 19.1. The molecule has 0 bridgehead atoms. The third-order valence-corrected chi connectivity index (χ3v) is 6.03. The van der Waals surface area contributed by atoms with Crippen LogP contribution in [0.5, 0.6) is 5.75 Å². The van der Waals surface area contributed by atoms with Crippen LogP contribution < -0.4 is 4.74 Å². The zero-order chi connectivity index (χ0) is 22.2. The van der Waals surface area contributed by atoms with Gasteiger partial charge in [-0.2, -0.15) is 0 Å². The lowest BCUT2D eigenvalue weighted by molar-refractivity contribution is -0.129. The minimum absolute atomic E-state index is 0.105. The van der Waals surface area contributed by atoms with Crippen molar-refractivity contribution in [3.05, 3.63) is 75.7 Å². The standard InChI is InChI=1S/C23H20ClNO4S2/c1-28-14-4-13-25-22(27)20(31-23(25)30)15-16-7-10-18(11-8-16)29-21(26)12-9-17-5-2-3-6-19(17)24/h2-3,5-12,15H,4,13-14H2,1H3/b12-9+,20-15+. The van der Waals surface area contributed by atoms with E-state index in [2.05, 4.69) is 0 Å². The maximum atomic E-state index is 12.6. The number of amides is 1. The Kier molecular flexibility index (Phi) is 8.43. The van der Waals surface area contributed by atoms with Gasteiger partial charge in [-0.1, -0.05) is 65.9 Å². The molecule has 5 nitrogen and oxygen atoms in total. The third kappa shape index (κ3) is 6.51. The summed E-state index contributed by atoms with van der Waals surface area (Å²) in [5.41, 5.74) is 1.54. The summed E-state index contributed by atoms with van der Waals surface area (Å²) in [6.45, 7) is 1.11. The summed E-state index contributed by atoms with van der Waals surface area (Å²) < 4.78 is 10.9. The van der Waals surface area contributed by atoms with Gasteiger partial charge in [0.15, 0.2) is 0 Å². The Labute approximate surface area is 195 Å². The molecule has 2 aromatic rings. The number of nitrogens with zero attached hydrogens (tertiary/aromatic N) is 1. The van der Waals surface area contributed by atoms with Crippen molar-refractivity contribution in [3.8, 4) is 5.75 Å². The number of carbonyl (C=O) groups is 2. The van der Waals surface area contributed by atoms with E-state index in [9.17, 15) is 9.59 Å². The van der Waals surface area contributed by atoms with Gasteiger partial charge < -0.3 is 9.47 Å². The molecule has 0 N–H and O–H groups in total. The summed E-state index contributed by atoms with van der Waals surface area (Å²) in [5.74, 6) is -0.214. The van der Waals surface area contributed by atoms with Gasteiger partial charge in [-0.3, -0.25) is 9.69 Å². The number of esters is 1. The first-order valence-electron chi connectivity index (χ1n) is 9.46. The van der Waals surface area contributed by atoms with Crippen LogP contribution in [0.1, 0.15) is 17.5 Å². The predicted octanol–water partition coefficient (Wildman–Crippen LogP) is 5.20. The van der Waals surface area contributed by atoms with Gasteiger partial charge in [0.25, 0.3) is 5.91 Å². The fourth-order valence-corrected chi connectivity index (χ4v) is 4.27. The normalized spacial score (nSPS) is 15.3. The molecule has 1 fully saturated rings. The summed E-state index contributed by atoms with van der Waals surface area (Å²) >= 11 is 12.7. The van der Waals surface area contributed by atoms with Gasteiger partial charge in [0.2, 0.25) is 0 Å². The molecule has 0 atom stereocenters. The molecule has 0 radical (unpaired) electrons. The van der Waals surface area contributed by atoms with E-state index < -0.39 is 5.97 Å². The van der Waals surface area contributed by atoms with E-state index in [0.717, 1.165) is 17.5 Å². The molecular weight excluding hydrogens is 454 g/mol. The second-order valence-corrected chi connectivity index (χ2v) is 8.61. The van der Waals surface area contributed by atoms with Crippen LogP contribution in [0.4, 0.5) is 0 Å². The summed E-state index contributed by atoms with van der Waals surface area (Å²) in [6.07, 6.45) is 5.43. The van der Waals surface area contributed by atoms with Crippen LogP contribution in [0.2, 0.25) is 5.02 Å². The number of thioether (sulfide) groups is 1. The van der Waals surface area contributed by atoms with Gasteiger partial charge in [0, 0.05) is 31.4 Å². The van der Waals surface area contributed by atoms with Gasteiger partial charge in [-0.05, 0) is 47.9 Å². The molecule has 160 valence electrons. The Morgan fingerprint density at radius 3 is 2.65 bits per heavy atom. The second-order valence-electron chi connectivity index (χ2n) is 6.52. The van der Waals surface area contributed by atoms with E-state index >= 15 is 0 Å². The van der Waals surface area contributed by atoms with E-state index in [-0.39, 0.29) is 5.91 Å². The number of hydrogen-bond acceptors (Lipinski definition) is 6. The molecule has 0 unspecified atom stereocenters. The maximum Gasteiger partial charge on any atom is 0.336 e. The van der Waals surface area contributed by atoms with Crippen LogP contribution in [-0.2, 0) is 14.3 Å². The van der Waals surface area contributed by atoms with E-state index in [4.69, 9.17) is 33.3 Å². The molecule has 1 aliphatic heterocycles. The first-order valence-corrected chi connectivity index (χ1v) is 11.1. The quantitative estimate of drug-likeness (QED) is 0.173. The molecule has 0 aromatic heterocycles. The Bertz CT molecular complexity index is 1030. The highest BCUT2D eigenvalue weighted by Crippen LogP contribution is 2.32. The maximum absolute atomic E-state index is 12.6. The van der Waals surface area contributed by atoms with Crippen molar-refractivity contribution in [2.24, 2.45) is 0 Å². The summed E-state index contributed by atoms with van der Waals surface area (Å²) in [7, 11) is 1.63. The van der Waals surface area contributed by atoms with Crippen molar-refractivity contribution in [1.82, 2.24) is 4.90 Å². The van der Waals surface area contributed by atoms with Crippen LogP contribution in [-0.4, -0.2) is 41.4 Å². The van der Waals surface area contributed by atoms with E-state index in [1.807, 2.05) is 12.1 Å². The average molecular weight is 474 g/mol. The van der Waals surface area contributed by atoms with Crippen molar-refractivity contribution in [2.75, 3.05) is 20.3 Å². The second kappa shape index (κ2) is 11.2. The van der Waals surface area contributed by atoms with Crippen molar-refractivity contribution in [1.29, 1.82) is 0 Å². The number of benzene rings is 2. The van der Waals surface area contributed by atoms with E-state index in [1.54, 1.807) is 60.6 Å². The molecule has 0 saturated carbocycles. The first-order chi connectivity index (χ1) is 15.0. The average Bonchev–Trinajstić information content (AvgIpc) is 3.02. The number of thiocarbonyl (C=S) groups is 1. The van der Waals surface area contributed by atoms with Gasteiger partial charge in [-0.25, -0.2) is 4.79 Å². The Balaban J connectivity index is 1.60. The van der Waals surface area contributed by atoms with Crippen LogP contribution in [0.25, 0.3) is 12.2 Å². The van der Waals surface area contributed by atoms with Crippen molar-refractivity contribution in [2.45, 2.75) is 6.42 Å². The van der Waals surface area contributed by atoms with Crippen LogP contribution in [0.3, 0.4) is 0 Å². The molecule has 1 amide bonds. The SMILES string of the molecule is COCCCN1C(=O)/C(=C\c2ccc(OC(=O)/C=C/c3ccccc3Cl)cc2)SC1=S. The molecule has 0 spiro atoms. The highest BCUT2D eigenvalue weighted by atomic mass is 35.5. The molecule has 2 aromatic carbocycles. The minimum Gasteiger partial charge on any atom is -0.423 e. The third-order valence-electron chi connectivity index (χ3n) is 4.30. The lowest BCUT2D eigenvalue weighted by Gasteiger charge is -2.13. The highest BCUT2D eigenvalue weighted by molar-refractivity contribution is 8.26. The monoisotopic (exact) mass is 473 g/mol. The fraction of sp³-hybridized carbons (Fsp3) is 0.174. The number of ether oxygens (including phenoxy) is 2. The summed E-state index contributed by atoms with van der Waals surface area (Å²) in [6, 6.07) is 14.1. The van der Waals surface area contributed by atoms with Crippen LogP contribution >= 0.6 is 35.6 Å². The molecule has 31 heavy (non-hydrogen) atoms. The molecular formula is C23H20ClNO4S2. The number of halogens is 1. The van der Waals surface area contributed by atoms with Crippen LogP contribution in [0.15, 0.2) is 59.5 Å². The number of rotatable bonds is 8. The lowest BCUT2D eigenvalue weighted by Crippen LogP contribution is -2.29. The Hall–Kier alpha value is -2.45. The molecule has 1 saturated heterocycles. The predicted molar refractivity (Wildman–Crippen MR) is 129 cm³/mol. The topological polar surface area (TPSA) is 55.8 Å². The number of carbonyl (C=O) groups excluding carboxylic acids is 2. The largest absolute Gasteiger partial charge is 0.423 e. The summed E-state index contributed by atoms with van der Waals surface area (Å²) in [4.78, 5) is 26.8. The van der Waals surface area contributed by atoms with Crippen molar-refractivity contribution < 1.29 is 19.1 Å². The first kappa shape index (κ1) is 23.2. The minimum atomic E-state index is -0.510.